The first-order chi connectivity index (χ1) is 15.6. The lowest BCUT2D eigenvalue weighted by Crippen LogP contribution is -2.44. The lowest BCUT2D eigenvalue weighted by atomic mass is 10.0. The van der Waals surface area contributed by atoms with Crippen LogP contribution in [0.3, 0.4) is 0 Å². The molecule has 0 radical (unpaired) electrons. The number of halogens is 1. The number of carbonyl (C=O) groups excluding carboxylic acids is 1. The standard InChI is InChI=1S/C23H30ClN3O5S/c1-15-12-25-16(2)14-32-21-10-7-18(11-20(21)23(28)27(3)13-22(15)31-4)26-33(29,30)19-8-5-17(24)6-9-19/h5-11,15-16,22,25-26H,12-14H2,1-4H3/t15-,16+,22+/m0/s1. The number of amides is 1. The van der Waals surface area contributed by atoms with Crippen LogP contribution in [0.15, 0.2) is 47.4 Å². The Balaban J connectivity index is 1.93. The molecule has 1 aliphatic rings. The van der Waals surface area contributed by atoms with E-state index in [2.05, 4.69) is 17.0 Å². The van der Waals surface area contributed by atoms with Crippen LogP contribution in [0.1, 0.15) is 24.2 Å². The van der Waals surface area contributed by atoms with Gasteiger partial charge in [0.1, 0.15) is 12.4 Å². The number of benzene rings is 2. The van der Waals surface area contributed by atoms with Gasteiger partial charge in [-0.05, 0) is 55.3 Å². The Hall–Kier alpha value is -2.33. The molecule has 0 bridgehead atoms. The molecule has 33 heavy (non-hydrogen) atoms. The topological polar surface area (TPSA) is 97.0 Å². The molecule has 0 saturated heterocycles. The highest BCUT2D eigenvalue weighted by Gasteiger charge is 2.26. The second kappa shape index (κ2) is 10.7. The van der Waals surface area contributed by atoms with Crippen LogP contribution >= 0.6 is 11.6 Å². The zero-order valence-corrected chi connectivity index (χ0v) is 20.7. The van der Waals surface area contributed by atoms with Crippen molar-refractivity contribution in [1.82, 2.24) is 10.2 Å². The van der Waals surface area contributed by atoms with E-state index >= 15 is 0 Å². The van der Waals surface area contributed by atoms with Crippen LogP contribution in [0.4, 0.5) is 5.69 Å². The molecule has 2 aromatic carbocycles. The molecular weight excluding hydrogens is 466 g/mol. The number of methoxy groups -OCH3 is 1. The molecular formula is C23H30ClN3O5S. The predicted molar refractivity (Wildman–Crippen MR) is 129 cm³/mol. The molecule has 2 N–H and O–H groups in total. The third-order valence-corrected chi connectivity index (χ3v) is 7.25. The van der Waals surface area contributed by atoms with E-state index in [1.165, 1.54) is 30.3 Å². The van der Waals surface area contributed by atoms with Crippen molar-refractivity contribution in [3.05, 3.63) is 53.1 Å². The summed E-state index contributed by atoms with van der Waals surface area (Å²) in [5, 5.41) is 3.86. The van der Waals surface area contributed by atoms with Crippen molar-refractivity contribution in [1.29, 1.82) is 0 Å². The molecule has 3 atom stereocenters. The van der Waals surface area contributed by atoms with Crippen molar-refractivity contribution < 1.29 is 22.7 Å². The molecule has 10 heteroatoms. The molecule has 0 saturated carbocycles. The van der Waals surface area contributed by atoms with Gasteiger partial charge in [0.05, 0.1) is 16.6 Å². The normalized spacial score (nSPS) is 22.5. The number of anilines is 1. The maximum Gasteiger partial charge on any atom is 0.261 e. The van der Waals surface area contributed by atoms with Crippen LogP contribution in [0.2, 0.25) is 5.02 Å². The number of rotatable bonds is 4. The smallest absolute Gasteiger partial charge is 0.261 e. The highest BCUT2D eigenvalue weighted by Crippen LogP contribution is 2.27. The van der Waals surface area contributed by atoms with E-state index in [-0.39, 0.29) is 40.1 Å². The number of hydrogen-bond donors (Lipinski definition) is 2. The number of fused-ring (bicyclic) bond motifs is 1. The largest absolute Gasteiger partial charge is 0.491 e. The molecule has 0 spiro atoms. The minimum absolute atomic E-state index is 0.0492. The number of nitrogens with zero attached hydrogens (tertiary/aromatic N) is 1. The molecule has 0 unspecified atom stereocenters. The molecule has 2 aromatic rings. The molecule has 180 valence electrons. The van der Waals surface area contributed by atoms with Crippen molar-refractivity contribution in [3.8, 4) is 5.75 Å². The van der Waals surface area contributed by atoms with Gasteiger partial charge in [-0.2, -0.15) is 0 Å². The van der Waals surface area contributed by atoms with Crippen molar-refractivity contribution >= 4 is 33.2 Å². The molecule has 0 fully saturated rings. The average molecular weight is 496 g/mol. The van der Waals surface area contributed by atoms with Crippen LogP contribution < -0.4 is 14.8 Å². The van der Waals surface area contributed by atoms with Gasteiger partial charge >= 0.3 is 0 Å². The number of carbonyl (C=O) groups is 1. The highest BCUT2D eigenvalue weighted by molar-refractivity contribution is 7.92. The number of sulfonamides is 1. The van der Waals surface area contributed by atoms with E-state index in [1.54, 1.807) is 31.2 Å². The number of likely N-dealkylation sites (N-methyl/N-ethyl adjacent to an activating group) is 1. The Morgan fingerprint density at radius 2 is 1.88 bits per heavy atom. The number of hydrogen-bond acceptors (Lipinski definition) is 6. The Labute approximate surface area is 200 Å². The predicted octanol–water partition coefficient (Wildman–Crippen LogP) is 3.23. The fourth-order valence-electron chi connectivity index (χ4n) is 3.55. The summed E-state index contributed by atoms with van der Waals surface area (Å²) in [5.74, 6) is 0.273. The Bertz CT molecular complexity index is 1080. The summed E-state index contributed by atoms with van der Waals surface area (Å²) >= 11 is 5.86. The van der Waals surface area contributed by atoms with Gasteiger partial charge in [-0.25, -0.2) is 8.42 Å². The Morgan fingerprint density at radius 1 is 1.18 bits per heavy atom. The molecule has 1 heterocycles. The molecule has 1 aliphatic heterocycles. The summed E-state index contributed by atoms with van der Waals surface area (Å²) in [7, 11) is -0.535. The van der Waals surface area contributed by atoms with Gasteiger partial charge in [0, 0.05) is 44.0 Å². The average Bonchev–Trinajstić information content (AvgIpc) is 2.78. The maximum absolute atomic E-state index is 13.3. The first-order valence-electron chi connectivity index (χ1n) is 10.7. The first-order valence-corrected chi connectivity index (χ1v) is 12.5. The monoisotopic (exact) mass is 495 g/mol. The summed E-state index contributed by atoms with van der Waals surface area (Å²) in [6, 6.07) is 10.6. The second-order valence-electron chi connectivity index (χ2n) is 8.33. The third-order valence-electron chi connectivity index (χ3n) is 5.60. The Morgan fingerprint density at radius 3 is 2.55 bits per heavy atom. The molecule has 3 rings (SSSR count). The highest BCUT2D eigenvalue weighted by atomic mass is 35.5. The zero-order valence-electron chi connectivity index (χ0n) is 19.2. The molecule has 0 aromatic heterocycles. The first kappa shape index (κ1) is 25.3. The van der Waals surface area contributed by atoms with Crippen LogP contribution in [0.5, 0.6) is 5.75 Å². The van der Waals surface area contributed by atoms with Gasteiger partial charge in [-0.3, -0.25) is 9.52 Å². The van der Waals surface area contributed by atoms with E-state index in [9.17, 15) is 13.2 Å². The fourth-order valence-corrected chi connectivity index (χ4v) is 4.73. The fraction of sp³-hybridized carbons (Fsp3) is 0.435. The number of ether oxygens (including phenoxy) is 2. The summed E-state index contributed by atoms with van der Waals surface area (Å²) < 4.78 is 39.7. The summed E-state index contributed by atoms with van der Waals surface area (Å²) in [6.07, 6.45) is -0.158. The van der Waals surface area contributed by atoms with Gasteiger partial charge in [-0.1, -0.05) is 18.5 Å². The van der Waals surface area contributed by atoms with E-state index in [1.807, 2.05) is 6.92 Å². The van der Waals surface area contributed by atoms with Crippen molar-refractivity contribution in [2.45, 2.75) is 30.9 Å². The lowest BCUT2D eigenvalue weighted by molar-refractivity contribution is 0.0281. The SMILES string of the molecule is CO[C@@H]1CN(C)C(=O)c2cc(NS(=O)(=O)c3ccc(Cl)cc3)ccc2OC[C@@H](C)NC[C@@H]1C. The summed E-state index contributed by atoms with van der Waals surface area (Å²) in [4.78, 5) is 14.9. The van der Waals surface area contributed by atoms with Gasteiger partial charge in [0.25, 0.3) is 15.9 Å². The van der Waals surface area contributed by atoms with Crippen LogP contribution in [0.25, 0.3) is 0 Å². The van der Waals surface area contributed by atoms with Crippen LogP contribution in [0, 0.1) is 5.92 Å². The van der Waals surface area contributed by atoms with E-state index in [0.717, 1.165) is 6.54 Å². The second-order valence-corrected chi connectivity index (χ2v) is 10.4. The summed E-state index contributed by atoms with van der Waals surface area (Å²) in [6.45, 7) is 5.53. The minimum atomic E-state index is -3.86. The molecule has 8 nitrogen and oxygen atoms in total. The quantitative estimate of drug-likeness (QED) is 0.676. The van der Waals surface area contributed by atoms with E-state index in [4.69, 9.17) is 21.1 Å². The van der Waals surface area contributed by atoms with Gasteiger partial charge in [-0.15, -0.1) is 0 Å². The molecule has 0 aliphatic carbocycles. The number of nitrogens with one attached hydrogen (secondary N) is 2. The minimum Gasteiger partial charge on any atom is -0.491 e. The van der Waals surface area contributed by atoms with Gasteiger partial charge in [0.2, 0.25) is 0 Å². The van der Waals surface area contributed by atoms with Crippen LogP contribution in [-0.2, 0) is 14.8 Å². The summed E-state index contributed by atoms with van der Waals surface area (Å²) in [5.41, 5.74) is 0.521. The van der Waals surface area contributed by atoms with Crippen molar-refractivity contribution in [2.24, 2.45) is 5.92 Å². The maximum atomic E-state index is 13.3. The lowest BCUT2D eigenvalue weighted by Gasteiger charge is -2.30. The Kier molecular flexibility index (Phi) is 8.23. The van der Waals surface area contributed by atoms with Crippen molar-refractivity contribution in [2.75, 3.05) is 38.6 Å². The zero-order chi connectivity index (χ0) is 24.2. The third kappa shape index (κ3) is 6.38. The van der Waals surface area contributed by atoms with Gasteiger partial charge < -0.3 is 19.7 Å². The van der Waals surface area contributed by atoms with Crippen LogP contribution in [-0.4, -0.2) is 65.2 Å². The van der Waals surface area contributed by atoms with Crippen molar-refractivity contribution in [3.63, 3.8) is 0 Å². The van der Waals surface area contributed by atoms with E-state index < -0.39 is 10.0 Å². The van der Waals surface area contributed by atoms with Gasteiger partial charge in [0.15, 0.2) is 0 Å². The molecule has 1 amide bonds. The van der Waals surface area contributed by atoms with E-state index in [0.29, 0.717) is 23.9 Å².